The molecular formula is C24H27NO4. The van der Waals surface area contributed by atoms with Crippen molar-refractivity contribution < 1.29 is 19.0 Å². The summed E-state index contributed by atoms with van der Waals surface area (Å²) < 4.78 is 16.4. The molecule has 0 aromatic heterocycles. The highest BCUT2D eigenvalue weighted by atomic mass is 16.5. The van der Waals surface area contributed by atoms with Crippen molar-refractivity contribution in [3.8, 4) is 17.2 Å². The third-order valence-electron chi connectivity index (χ3n) is 4.37. The van der Waals surface area contributed by atoms with Gasteiger partial charge in [-0.15, -0.1) is 0 Å². The van der Waals surface area contributed by atoms with Crippen LogP contribution in [0.15, 0.2) is 60.7 Å². The number of ether oxygens (including phenoxy) is 3. The van der Waals surface area contributed by atoms with Crippen molar-refractivity contribution in [2.24, 2.45) is 0 Å². The van der Waals surface area contributed by atoms with Gasteiger partial charge in [0.25, 0.3) is 0 Å². The lowest BCUT2D eigenvalue weighted by Crippen LogP contribution is -2.26. The van der Waals surface area contributed by atoms with E-state index in [2.05, 4.69) is 30.4 Å². The summed E-state index contributed by atoms with van der Waals surface area (Å²) in [7, 11) is 0. The largest absolute Gasteiger partial charge is 0.494 e. The van der Waals surface area contributed by atoms with Crippen molar-refractivity contribution in [2.75, 3.05) is 19.8 Å². The summed E-state index contributed by atoms with van der Waals surface area (Å²) in [6.07, 6.45) is 1.36. The Morgan fingerprint density at radius 3 is 2.31 bits per heavy atom. The minimum atomic E-state index is -0.375. The second-order valence-electron chi connectivity index (χ2n) is 6.66. The number of alkyl carbamates (subject to hydrolysis) is 1. The van der Waals surface area contributed by atoms with Crippen molar-refractivity contribution in [2.45, 2.75) is 26.7 Å². The van der Waals surface area contributed by atoms with Crippen LogP contribution in [-0.4, -0.2) is 25.9 Å². The summed E-state index contributed by atoms with van der Waals surface area (Å²) >= 11 is 0. The van der Waals surface area contributed by atoms with E-state index in [9.17, 15) is 4.79 Å². The first kappa shape index (κ1) is 20.5. The molecule has 0 atom stereocenters. The molecule has 1 amide bonds. The molecule has 152 valence electrons. The Morgan fingerprint density at radius 2 is 1.55 bits per heavy atom. The number of benzene rings is 3. The lowest BCUT2D eigenvalue weighted by atomic mass is 10.0. The van der Waals surface area contributed by atoms with Crippen LogP contribution < -0.4 is 14.8 Å². The lowest BCUT2D eigenvalue weighted by molar-refractivity contribution is 0.152. The predicted molar refractivity (Wildman–Crippen MR) is 115 cm³/mol. The summed E-state index contributed by atoms with van der Waals surface area (Å²) in [6.45, 7) is 5.51. The third kappa shape index (κ3) is 6.14. The van der Waals surface area contributed by atoms with Crippen LogP contribution in [0.5, 0.6) is 17.2 Å². The fourth-order valence-corrected chi connectivity index (χ4v) is 2.94. The molecule has 0 aliphatic heterocycles. The van der Waals surface area contributed by atoms with Crippen molar-refractivity contribution in [3.05, 3.63) is 66.2 Å². The highest BCUT2D eigenvalue weighted by Crippen LogP contribution is 2.27. The number of carbonyl (C=O) groups excluding carboxylic acids is 1. The molecular weight excluding hydrogens is 366 g/mol. The van der Waals surface area contributed by atoms with E-state index in [1.54, 1.807) is 6.92 Å². The van der Waals surface area contributed by atoms with Gasteiger partial charge in [-0.3, -0.25) is 0 Å². The van der Waals surface area contributed by atoms with Crippen molar-refractivity contribution >= 4 is 16.9 Å². The van der Waals surface area contributed by atoms with Gasteiger partial charge in [-0.05, 0) is 72.5 Å². The number of hydrogen-bond acceptors (Lipinski definition) is 4. The maximum absolute atomic E-state index is 11.3. The average Bonchev–Trinajstić information content (AvgIpc) is 2.73. The van der Waals surface area contributed by atoms with Crippen LogP contribution in [-0.2, 0) is 11.2 Å². The zero-order valence-corrected chi connectivity index (χ0v) is 16.9. The first-order valence-corrected chi connectivity index (χ1v) is 10.0. The van der Waals surface area contributed by atoms with Crippen molar-refractivity contribution in [1.29, 1.82) is 0 Å². The molecule has 0 radical (unpaired) electrons. The summed E-state index contributed by atoms with van der Waals surface area (Å²) in [4.78, 5) is 11.3. The van der Waals surface area contributed by atoms with Crippen LogP contribution in [0.3, 0.4) is 0 Å². The molecule has 0 fully saturated rings. The van der Waals surface area contributed by atoms with Crippen LogP contribution in [0.25, 0.3) is 10.8 Å². The Labute approximate surface area is 171 Å². The first-order chi connectivity index (χ1) is 14.2. The molecule has 0 heterocycles. The highest BCUT2D eigenvalue weighted by Gasteiger charge is 2.04. The molecule has 29 heavy (non-hydrogen) atoms. The molecule has 0 bridgehead atoms. The zero-order chi connectivity index (χ0) is 20.5. The molecule has 0 spiro atoms. The molecule has 3 aromatic carbocycles. The van der Waals surface area contributed by atoms with Crippen LogP contribution >= 0.6 is 0 Å². The molecule has 0 saturated heterocycles. The van der Waals surface area contributed by atoms with Crippen molar-refractivity contribution in [1.82, 2.24) is 5.32 Å². The maximum Gasteiger partial charge on any atom is 0.407 e. The van der Waals surface area contributed by atoms with E-state index in [-0.39, 0.29) is 6.09 Å². The Hall–Kier alpha value is -3.21. The van der Waals surface area contributed by atoms with Crippen LogP contribution in [0.4, 0.5) is 4.79 Å². The van der Waals surface area contributed by atoms with Gasteiger partial charge in [0.1, 0.15) is 17.2 Å². The van der Waals surface area contributed by atoms with Gasteiger partial charge in [0.15, 0.2) is 0 Å². The third-order valence-corrected chi connectivity index (χ3v) is 4.37. The SMILES string of the molecule is CCCOc1ccc(Oc2ccc3cc(CCNC(=O)OCC)ccc3c2)cc1. The van der Waals surface area contributed by atoms with Gasteiger partial charge in [0.2, 0.25) is 0 Å². The topological polar surface area (TPSA) is 56.8 Å². The molecule has 0 saturated carbocycles. The van der Waals surface area contributed by atoms with Gasteiger partial charge in [0.05, 0.1) is 13.2 Å². The predicted octanol–water partition coefficient (Wildman–Crippen LogP) is 5.71. The van der Waals surface area contributed by atoms with E-state index < -0.39 is 0 Å². The second kappa shape index (κ2) is 10.4. The average molecular weight is 393 g/mol. The first-order valence-electron chi connectivity index (χ1n) is 10.0. The van der Waals surface area contributed by atoms with Crippen LogP contribution in [0.1, 0.15) is 25.8 Å². The zero-order valence-electron chi connectivity index (χ0n) is 16.9. The van der Waals surface area contributed by atoms with E-state index in [1.807, 2.05) is 42.5 Å². The van der Waals surface area contributed by atoms with Crippen LogP contribution in [0, 0.1) is 0 Å². The fourth-order valence-electron chi connectivity index (χ4n) is 2.94. The summed E-state index contributed by atoms with van der Waals surface area (Å²) in [6, 6.07) is 20.0. The van der Waals surface area contributed by atoms with Gasteiger partial charge < -0.3 is 19.5 Å². The molecule has 0 aliphatic carbocycles. The van der Waals surface area contributed by atoms with E-state index in [0.717, 1.165) is 46.4 Å². The maximum atomic E-state index is 11.3. The molecule has 5 heteroatoms. The van der Waals surface area contributed by atoms with Gasteiger partial charge in [0, 0.05) is 6.54 Å². The standard InChI is InChI=1S/C24H27NO4/c1-3-15-28-21-9-11-22(12-10-21)29-23-8-7-19-16-18(5-6-20(19)17-23)13-14-25-24(26)27-4-2/h5-12,16-17H,3-4,13-15H2,1-2H3,(H,25,26). The summed E-state index contributed by atoms with van der Waals surface area (Å²) in [5.41, 5.74) is 1.16. The second-order valence-corrected chi connectivity index (χ2v) is 6.66. The smallest absolute Gasteiger partial charge is 0.407 e. The van der Waals surface area contributed by atoms with Gasteiger partial charge in [-0.25, -0.2) is 4.79 Å². The summed E-state index contributed by atoms with van der Waals surface area (Å²) in [5, 5.41) is 4.98. The van der Waals surface area contributed by atoms with Crippen LogP contribution in [0.2, 0.25) is 0 Å². The molecule has 5 nitrogen and oxygen atoms in total. The molecule has 1 N–H and O–H groups in total. The number of rotatable bonds is 9. The molecule has 3 aromatic rings. The fraction of sp³-hybridized carbons (Fsp3) is 0.292. The van der Waals surface area contributed by atoms with Crippen molar-refractivity contribution in [3.63, 3.8) is 0 Å². The Bertz CT molecular complexity index is 937. The van der Waals surface area contributed by atoms with E-state index >= 15 is 0 Å². The quantitative estimate of drug-likeness (QED) is 0.506. The number of fused-ring (bicyclic) bond motifs is 1. The number of nitrogens with one attached hydrogen (secondary N) is 1. The Morgan fingerprint density at radius 1 is 0.862 bits per heavy atom. The van der Waals surface area contributed by atoms with E-state index in [0.29, 0.717) is 19.8 Å². The number of amides is 1. The Balaban J connectivity index is 1.60. The summed E-state index contributed by atoms with van der Waals surface area (Å²) in [5.74, 6) is 2.41. The van der Waals surface area contributed by atoms with Gasteiger partial charge >= 0.3 is 6.09 Å². The van der Waals surface area contributed by atoms with E-state index in [4.69, 9.17) is 14.2 Å². The normalized spacial score (nSPS) is 10.6. The molecule has 0 aliphatic rings. The monoisotopic (exact) mass is 393 g/mol. The van der Waals surface area contributed by atoms with Gasteiger partial charge in [-0.1, -0.05) is 31.2 Å². The minimum absolute atomic E-state index is 0.375. The van der Waals surface area contributed by atoms with E-state index in [1.165, 1.54) is 0 Å². The minimum Gasteiger partial charge on any atom is -0.494 e. The molecule has 0 unspecified atom stereocenters. The van der Waals surface area contributed by atoms with Gasteiger partial charge in [-0.2, -0.15) is 0 Å². The number of carbonyl (C=O) groups is 1. The lowest BCUT2D eigenvalue weighted by Gasteiger charge is -2.10. The number of hydrogen-bond donors (Lipinski definition) is 1. The Kier molecular flexibility index (Phi) is 7.34. The highest BCUT2D eigenvalue weighted by molar-refractivity contribution is 5.84. The molecule has 3 rings (SSSR count).